The maximum absolute atomic E-state index is 14.5. The number of carbonyl (C=O) groups excluding carboxylic acids is 1. The van der Waals surface area contributed by atoms with Crippen LogP contribution >= 0.6 is 0 Å². The SMILES string of the molecule is CC1(n2c(NC(=O)CC3CC(F)(F)C3(C)F)nc3cc(F)c(F)c(F)c32)CCC1. The minimum atomic E-state index is -3.50. The minimum absolute atomic E-state index is 0.150. The van der Waals surface area contributed by atoms with Gasteiger partial charge in [-0.2, -0.15) is 0 Å². The predicted molar refractivity (Wildman–Crippen MR) is 92.9 cm³/mol. The first-order valence-electron chi connectivity index (χ1n) is 9.30. The first kappa shape index (κ1) is 20.0. The summed E-state index contributed by atoms with van der Waals surface area (Å²) >= 11 is 0. The molecule has 4 rings (SSSR count). The van der Waals surface area contributed by atoms with Crippen molar-refractivity contribution in [2.75, 3.05) is 5.32 Å². The molecule has 0 radical (unpaired) electrons. The molecule has 158 valence electrons. The van der Waals surface area contributed by atoms with E-state index in [0.29, 0.717) is 12.8 Å². The second-order valence-corrected chi connectivity index (χ2v) is 8.41. The van der Waals surface area contributed by atoms with Crippen molar-refractivity contribution in [3.8, 4) is 0 Å². The van der Waals surface area contributed by atoms with Crippen LogP contribution in [0.15, 0.2) is 6.07 Å². The summed E-state index contributed by atoms with van der Waals surface area (Å²) in [5, 5.41) is 2.39. The summed E-state index contributed by atoms with van der Waals surface area (Å²) in [6.45, 7) is 2.51. The molecule has 0 saturated heterocycles. The minimum Gasteiger partial charge on any atom is -0.301 e. The van der Waals surface area contributed by atoms with E-state index in [0.717, 1.165) is 19.4 Å². The van der Waals surface area contributed by atoms with Crippen LogP contribution in [0.5, 0.6) is 0 Å². The van der Waals surface area contributed by atoms with Crippen molar-refractivity contribution in [1.29, 1.82) is 0 Å². The third-order valence-corrected chi connectivity index (χ3v) is 6.42. The van der Waals surface area contributed by atoms with Crippen LogP contribution in [0, 0.1) is 23.4 Å². The summed E-state index contributed by atoms with van der Waals surface area (Å²) in [7, 11) is 0. The molecular formula is C19H19F6N3O. The van der Waals surface area contributed by atoms with Crippen molar-refractivity contribution in [2.24, 2.45) is 5.92 Å². The number of rotatable bonds is 4. The van der Waals surface area contributed by atoms with E-state index in [1.54, 1.807) is 6.92 Å². The molecule has 2 atom stereocenters. The van der Waals surface area contributed by atoms with Gasteiger partial charge in [0.25, 0.3) is 5.92 Å². The van der Waals surface area contributed by atoms with Crippen molar-refractivity contribution in [3.05, 3.63) is 23.5 Å². The number of hydrogen-bond acceptors (Lipinski definition) is 2. The number of hydrogen-bond donors (Lipinski definition) is 1. The Morgan fingerprint density at radius 3 is 2.38 bits per heavy atom. The molecule has 1 aromatic heterocycles. The van der Waals surface area contributed by atoms with E-state index in [2.05, 4.69) is 10.3 Å². The summed E-state index contributed by atoms with van der Waals surface area (Å²) in [5.41, 5.74) is -3.95. The molecule has 2 aromatic rings. The smallest absolute Gasteiger partial charge is 0.281 e. The van der Waals surface area contributed by atoms with E-state index >= 15 is 0 Å². The third kappa shape index (κ3) is 2.82. The molecule has 1 N–H and O–H groups in total. The summed E-state index contributed by atoms with van der Waals surface area (Å²) in [4.78, 5) is 16.4. The lowest BCUT2D eigenvalue weighted by Gasteiger charge is -2.47. The zero-order chi connectivity index (χ0) is 21.4. The largest absolute Gasteiger partial charge is 0.301 e. The molecule has 2 aliphatic carbocycles. The number of nitrogens with one attached hydrogen (secondary N) is 1. The number of anilines is 1. The Morgan fingerprint density at radius 1 is 1.21 bits per heavy atom. The Morgan fingerprint density at radius 2 is 1.86 bits per heavy atom. The van der Waals surface area contributed by atoms with Crippen LogP contribution < -0.4 is 5.32 Å². The zero-order valence-corrected chi connectivity index (χ0v) is 15.8. The Kier molecular flexibility index (Phi) is 4.23. The number of imidazole rings is 1. The van der Waals surface area contributed by atoms with Crippen molar-refractivity contribution >= 4 is 22.9 Å². The van der Waals surface area contributed by atoms with Gasteiger partial charge in [0.05, 0.1) is 5.52 Å². The summed E-state index contributed by atoms with van der Waals surface area (Å²) in [6, 6.07) is 0.729. The van der Waals surface area contributed by atoms with Crippen molar-refractivity contribution in [3.63, 3.8) is 0 Å². The molecule has 10 heteroatoms. The fourth-order valence-electron chi connectivity index (χ4n) is 4.19. The van der Waals surface area contributed by atoms with Crippen molar-refractivity contribution in [1.82, 2.24) is 9.55 Å². The Labute approximate surface area is 162 Å². The second kappa shape index (κ2) is 6.12. The maximum Gasteiger partial charge on any atom is 0.281 e. The summed E-state index contributed by atoms with van der Waals surface area (Å²) < 4.78 is 84.0. The van der Waals surface area contributed by atoms with Gasteiger partial charge in [0, 0.05) is 30.4 Å². The molecule has 2 aliphatic rings. The molecule has 0 bridgehead atoms. The second-order valence-electron chi connectivity index (χ2n) is 8.41. The number of halogens is 6. The van der Waals surface area contributed by atoms with Crippen LogP contribution in [-0.4, -0.2) is 27.0 Å². The first-order valence-corrected chi connectivity index (χ1v) is 9.30. The first-order chi connectivity index (χ1) is 13.4. The van der Waals surface area contributed by atoms with Crippen molar-refractivity contribution < 1.29 is 31.1 Å². The topological polar surface area (TPSA) is 46.9 Å². The van der Waals surface area contributed by atoms with Gasteiger partial charge in [-0.1, -0.05) is 0 Å². The van der Waals surface area contributed by atoms with Gasteiger partial charge in [-0.15, -0.1) is 0 Å². The highest BCUT2D eigenvalue weighted by Gasteiger charge is 2.66. The third-order valence-electron chi connectivity index (χ3n) is 6.42. The maximum atomic E-state index is 14.5. The fraction of sp³-hybridized carbons (Fsp3) is 0.579. The van der Waals surface area contributed by atoms with E-state index in [9.17, 15) is 31.1 Å². The molecule has 1 heterocycles. The average molecular weight is 419 g/mol. The molecule has 1 aromatic carbocycles. The lowest BCUT2D eigenvalue weighted by molar-refractivity contribution is -0.242. The van der Waals surface area contributed by atoms with E-state index in [1.807, 2.05) is 0 Å². The van der Waals surface area contributed by atoms with Gasteiger partial charge in [0.1, 0.15) is 5.52 Å². The number of benzene rings is 1. The van der Waals surface area contributed by atoms with Gasteiger partial charge >= 0.3 is 0 Å². The van der Waals surface area contributed by atoms with Crippen LogP contribution in [0.1, 0.15) is 46.0 Å². The van der Waals surface area contributed by atoms with Gasteiger partial charge in [0.15, 0.2) is 23.1 Å². The van der Waals surface area contributed by atoms with E-state index < -0.39 is 59.2 Å². The lowest BCUT2D eigenvalue weighted by atomic mass is 9.67. The van der Waals surface area contributed by atoms with Crippen LogP contribution in [0.2, 0.25) is 0 Å². The van der Waals surface area contributed by atoms with Crippen molar-refractivity contribution in [2.45, 2.75) is 63.1 Å². The average Bonchev–Trinajstić information content (AvgIpc) is 2.95. The van der Waals surface area contributed by atoms with Crippen LogP contribution in [0.4, 0.5) is 32.3 Å². The zero-order valence-electron chi connectivity index (χ0n) is 15.8. The van der Waals surface area contributed by atoms with Crippen LogP contribution in [-0.2, 0) is 10.3 Å². The molecule has 4 nitrogen and oxygen atoms in total. The van der Waals surface area contributed by atoms with Crippen LogP contribution in [0.25, 0.3) is 11.0 Å². The Hall–Kier alpha value is -2.26. The van der Waals surface area contributed by atoms with E-state index in [-0.39, 0.29) is 17.0 Å². The Bertz CT molecular complexity index is 1010. The molecule has 0 aliphatic heterocycles. The number of aromatic nitrogens is 2. The highest BCUT2D eigenvalue weighted by molar-refractivity contribution is 5.92. The number of amides is 1. The van der Waals surface area contributed by atoms with Gasteiger partial charge < -0.3 is 4.57 Å². The van der Waals surface area contributed by atoms with E-state index in [4.69, 9.17) is 0 Å². The highest BCUT2D eigenvalue weighted by atomic mass is 19.3. The monoisotopic (exact) mass is 419 g/mol. The highest BCUT2D eigenvalue weighted by Crippen LogP contribution is 2.55. The lowest BCUT2D eigenvalue weighted by Crippen LogP contribution is -2.60. The number of fused-ring (bicyclic) bond motifs is 1. The summed E-state index contributed by atoms with van der Waals surface area (Å²) in [5.74, 6) is -10.1. The molecular weight excluding hydrogens is 400 g/mol. The molecule has 0 spiro atoms. The predicted octanol–water partition coefficient (Wildman–Crippen LogP) is 5.06. The molecule has 2 saturated carbocycles. The normalized spacial score (nSPS) is 27.4. The van der Waals surface area contributed by atoms with E-state index in [1.165, 1.54) is 4.57 Å². The standard InChI is InChI=1S/C19H19F6N3O/c1-17(4-3-5-17)28-15-11(7-10(20)13(21)14(15)22)26-16(28)27-12(29)6-9-8-19(24,25)18(9,2)23/h7,9H,3-6,8H2,1-2H3,(H,26,27,29). The molecule has 2 unspecified atom stereocenters. The molecule has 2 fully saturated rings. The fourth-order valence-corrected chi connectivity index (χ4v) is 4.19. The number of nitrogens with zero attached hydrogens (tertiary/aromatic N) is 2. The Balaban J connectivity index is 1.68. The number of carbonyl (C=O) groups is 1. The molecule has 29 heavy (non-hydrogen) atoms. The van der Waals surface area contributed by atoms with Crippen LogP contribution in [0.3, 0.4) is 0 Å². The molecule has 1 amide bonds. The quantitative estimate of drug-likeness (QED) is 0.556. The number of alkyl halides is 3. The van der Waals surface area contributed by atoms with Gasteiger partial charge in [-0.05, 0) is 33.1 Å². The summed E-state index contributed by atoms with van der Waals surface area (Å²) in [6.07, 6.45) is 0.723. The van der Waals surface area contributed by atoms with Gasteiger partial charge in [0.2, 0.25) is 11.9 Å². The van der Waals surface area contributed by atoms with Gasteiger partial charge in [-0.3, -0.25) is 10.1 Å². The van der Waals surface area contributed by atoms with Gasteiger partial charge in [-0.25, -0.2) is 31.3 Å².